The van der Waals surface area contributed by atoms with Gasteiger partial charge in [-0.25, -0.2) is 0 Å². The molecule has 0 saturated heterocycles. The largest absolute Gasteiger partial charge is 0.382 e. The lowest BCUT2D eigenvalue weighted by Gasteiger charge is -2.19. The number of carbonyl (C=O) groups is 2. The zero-order valence-corrected chi connectivity index (χ0v) is 17.1. The van der Waals surface area contributed by atoms with Crippen LogP contribution < -0.4 is 5.32 Å². The van der Waals surface area contributed by atoms with Crippen molar-refractivity contribution in [3.05, 3.63) is 95.6 Å². The van der Waals surface area contributed by atoms with Crippen molar-refractivity contribution >= 4 is 11.7 Å². The van der Waals surface area contributed by atoms with Gasteiger partial charge in [-0.1, -0.05) is 78.9 Å². The smallest absolute Gasteiger partial charge is 0.252 e. The second-order valence-electron chi connectivity index (χ2n) is 7.95. The van der Waals surface area contributed by atoms with E-state index in [-0.39, 0.29) is 6.54 Å². The van der Waals surface area contributed by atoms with Crippen molar-refractivity contribution in [3.8, 4) is 11.1 Å². The lowest BCUT2D eigenvalue weighted by molar-refractivity contribution is -0.147. The molecule has 4 rings (SSSR count). The van der Waals surface area contributed by atoms with Crippen LogP contribution >= 0.6 is 0 Å². The Bertz CT molecular complexity index is 1040. The molecule has 2 atom stereocenters. The van der Waals surface area contributed by atoms with Gasteiger partial charge in [0.25, 0.3) is 5.91 Å². The van der Waals surface area contributed by atoms with Gasteiger partial charge in [0.05, 0.1) is 0 Å². The van der Waals surface area contributed by atoms with Crippen molar-refractivity contribution in [3.63, 3.8) is 0 Å². The molecule has 0 spiro atoms. The van der Waals surface area contributed by atoms with Gasteiger partial charge in [-0.3, -0.25) is 9.59 Å². The van der Waals surface area contributed by atoms with Crippen LogP contribution in [0.5, 0.6) is 0 Å². The average Bonchev–Trinajstić information content (AvgIpc) is 3.26. The molecule has 3 aromatic rings. The summed E-state index contributed by atoms with van der Waals surface area (Å²) in [4.78, 5) is 24.9. The minimum Gasteiger partial charge on any atom is -0.382 e. The van der Waals surface area contributed by atoms with Gasteiger partial charge in [0, 0.05) is 12.5 Å². The van der Waals surface area contributed by atoms with E-state index in [1.807, 2.05) is 78.9 Å². The van der Waals surface area contributed by atoms with Crippen LogP contribution in [0.25, 0.3) is 11.1 Å². The summed E-state index contributed by atoms with van der Waals surface area (Å²) in [5.41, 5.74) is 5.17. The highest BCUT2D eigenvalue weighted by molar-refractivity contribution is 5.93. The molecule has 1 amide bonds. The summed E-state index contributed by atoms with van der Waals surface area (Å²) < 4.78 is 0. The van der Waals surface area contributed by atoms with E-state index in [1.54, 1.807) is 0 Å². The van der Waals surface area contributed by atoms with Gasteiger partial charge in [0.15, 0.2) is 11.9 Å². The first-order chi connectivity index (χ1) is 15.0. The van der Waals surface area contributed by atoms with Crippen molar-refractivity contribution in [2.45, 2.75) is 31.6 Å². The number of hydrogen-bond donors (Lipinski definition) is 3. The molecule has 0 fully saturated rings. The topological polar surface area (TPSA) is 86.6 Å². The number of ketones is 1. The molecule has 3 N–H and O–H groups in total. The van der Waals surface area contributed by atoms with Gasteiger partial charge < -0.3 is 15.5 Å². The van der Waals surface area contributed by atoms with Crippen LogP contribution in [0.15, 0.2) is 78.9 Å². The summed E-state index contributed by atoms with van der Waals surface area (Å²) >= 11 is 0. The Morgan fingerprint density at radius 2 is 1.32 bits per heavy atom. The number of hydrogen-bond acceptors (Lipinski definition) is 4. The molecular formula is C26H25NO4. The fraction of sp³-hybridized carbons (Fsp3) is 0.231. The molecule has 0 radical (unpaired) electrons. The Morgan fingerprint density at radius 1 is 0.774 bits per heavy atom. The number of nitrogens with one attached hydrogen (secondary N) is 1. The molecule has 31 heavy (non-hydrogen) atoms. The van der Waals surface area contributed by atoms with Gasteiger partial charge in [0.2, 0.25) is 0 Å². The molecule has 1 aliphatic carbocycles. The quantitative estimate of drug-likeness (QED) is 0.554. The molecule has 0 aliphatic heterocycles. The predicted molar refractivity (Wildman–Crippen MR) is 118 cm³/mol. The lowest BCUT2D eigenvalue weighted by atomic mass is 9.94. The number of aliphatic hydroxyl groups is 2. The maximum atomic E-state index is 12.6. The molecule has 0 aromatic heterocycles. The van der Waals surface area contributed by atoms with E-state index in [2.05, 4.69) is 5.32 Å². The van der Waals surface area contributed by atoms with E-state index in [1.165, 1.54) is 0 Å². The fourth-order valence-corrected chi connectivity index (χ4v) is 4.04. The molecule has 0 heterocycles. The molecule has 0 saturated carbocycles. The number of carbonyl (C=O) groups excluding carboxylic acids is 2. The molecule has 158 valence electrons. The first-order valence-corrected chi connectivity index (χ1v) is 10.4. The molecule has 5 heteroatoms. The predicted octanol–water partition coefficient (Wildman–Crippen LogP) is 2.68. The molecule has 1 unspecified atom stereocenters. The fourth-order valence-electron chi connectivity index (χ4n) is 4.04. The maximum absolute atomic E-state index is 12.6. The van der Waals surface area contributed by atoms with Gasteiger partial charge in [-0.2, -0.15) is 0 Å². The highest BCUT2D eigenvalue weighted by Gasteiger charge is 2.37. The average molecular weight is 415 g/mol. The molecule has 3 aromatic carbocycles. The molecule has 5 nitrogen and oxygen atoms in total. The summed E-state index contributed by atoms with van der Waals surface area (Å²) in [6.07, 6.45) is -2.48. The Kier molecular flexibility index (Phi) is 6.26. The van der Waals surface area contributed by atoms with E-state index in [9.17, 15) is 19.8 Å². The van der Waals surface area contributed by atoms with Gasteiger partial charge >= 0.3 is 0 Å². The highest BCUT2D eigenvalue weighted by Crippen LogP contribution is 2.28. The zero-order valence-electron chi connectivity index (χ0n) is 17.1. The Balaban J connectivity index is 1.30. The number of Topliss-reactive ketones (excluding diaryl/α,β-unsaturated/α-hetero) is 1. The third-order valence-electron chi connectivity index (χ3n) is 5.84. The minimum absolute atomic E-state index is 0.195. The number of benzene rings is 3. The third kappa shape index (κ3) is 4.74. The Hall–Kier alpha value is -3.28. The van der Waals surface area contributed by atoms with Crippen LogP contribution in [0.1, 0.15) is 16.7 Å². The second-order valence-corrected chi connectivity index (χ2v) is 7.95. The van der Waals surface area contributed by atoms with E-state index >= 15 is 0 Å². The Morgan fingerprint density at radius 3 is 1.94 bits per heavy atom. The van der Waals surface area contributed by atoms with Crippen molar-refractivity contribution in [2.24, 2.45) is 5.92 Å². The molecule has 0 bridgehead atoms. The third-order valence-corrected chi connectivity index (χ3v) is 5.84. The van der Waals surface area contributed by atoms with Gasteiger partial charge in [-0.05, 0) is 40.7 Å². The summed E-state index contributed by atoms with van der Waals surface area (Å²) in [6.45, 7) is 0.195. The molecule has 1 aliphatic rings. The first kappa shape index (κ1) is 21.0. The maximum Gasteiger partial charge on any atom is 0.252 e. The van der Waals surface area contributed by atoms with Gasteiger partial charge in [0.1, 0.15) is 6.10 Å². The van der Waals surface area contributed by atoms with Crippen molar-refractivity contribution in [1.29, 1.82) is 0 Å². The van der Waals surface area contributed by atoms with Crippen molar-refractivity contribution < 1.29 is 19.8 Å². The summed E-state index contributed by atoms with van der Waals surface area (Å²) in [5, 5.41) is 23.1. The van der Waals surface area contributed by atoms with E-state index < -0.39 is 29.8 Å². The SMILES string of the molecule is O=C(C1Cc2ccccc2C1)C(O)[C@@H](O)C(=O)NCc1ccc(-c2ccccc2)cc1. The summed E-state index contributed by atoms with van der Waals surface area (Å²) in [5.74, 6) is -1.67. The van der Waals surface area contributed by atoms with Crippen molar-refractivity contribution in [1.82, 2.24) is 5.32 Å². The minimum atomic E-state index is -1.79. The zero-order chi connectivity index (χ0) is 21.8. The molecular weight excluding hydrogens is 390 g/mol. The van der Waals surface area contributed by atoms with Gasteiger partial charge in [-0.15, -0.1) is 0 Å². The van der Waals surface area contributed by atoms with Crippen LogP contribution in [0.2, 0.25) is 0 Å². The van der Waals surface area contributed by atoms with Crippen LogP contribution in [0.4, 0.5) is 0 Å². The normalized spacial score (nSPS) is 15.2. The second kappa shape index (κ2) is 9.25. The Labute approximate surface area is 181 Å². The summed E-state index contributed by atoms with van der Waals surface area (Å²) in [7, 11) is 0. The monoisotopic (exact) mass is 415 g/mol. The lowest BCUT2D eigenvalue weighted by Crippen LogP contribution is -2.47. The number of rotatable bonds is 7. The highest BCUT2D eigenvalue weighted by atomic mass is 16.3. The first-order valence-electron chi connectivity index (χ1n) is 10.4. The van der Waals surface area contributed by atoms with Crippen LogP contribution in [-0.2, 0) is 29.0 Å². The van der Waals surface area contributed by atoms with E-state index in [0.29, 0.717) is 12.8 Å². The number of amides is 1. The van der Waals surface area contributed by atoms with E-state index in [4.69, 9.17) is 0 Å². The number of fused-ring (bicyclic) bond motifs is 1. The summed E-state index contributed by atoms with van der Waals surface area (Å²) in [6, 6.07) is 25.4. The number of aliphatic hydroxyl groups excluding tert-OH is 2. The van der Waals surface area contributed by atoms with E-state index in [0.717, 1.165) is 27.8 Å². The standard InChI is InChI=1S/C26H25NO4/c28-23(22-14-20-8-4-5-9-21(20)15-22)24(29)25(30)26(31)27-16-17-10-12-19(13-11-17)18-6-2-1-3-7-18/h1-13,22,24-25,29-30H,14-16H2,(H,27,31)/t24?,25-/m1/s1. The van der Waals surface area contributed by atoms with Crippen LogP contribution in [0, 0.1) is 5.92 Å². The van der Waals surface area contributed by atoms with Crippen LogP contribution in [-0.4, -0.2) is 34.1 Å². The van der Waals surface area contributed by atoms with Crippen molar-refractivity contribution in [2.75, 3.05) is 0 Å². The van der Waals surface area contributed by atoms with Crippen LogP contribution in [0.3, 0.4) is 0 Å².